The molecule has 2 fully saturated rings. The molecule has 2 rings (SSSR count). The van der Waals surface area contributed by atoms with Crippen LogP contribution >= 0.6 is 0 Å². The topological polar surface area (TPSA) is 66.8 Å². The third kappa shape index (κ3) is 2.97. The Morgan fingerprint density at radius 2 is 2.00 bits per heavy atom. The number of ether oxygens (including phenoxy) is 1. The Morgan fingerprint density at radius 1 is 1.35 bits per heavy atom. The molecule has 2 aliphatic rings. The highest BCUT2D eigenvalue weighted by atomic mass is 16.5. The lowest BCUT2D eigenvalue weighted by Crippen LogP contribution is -2.41. The first kappa shape index (κ1) is 15.3. The highest BCUT2D eigenvalue weighted by Gasteiger charge is 2.48. The van der Waals surface area contributed by atoms with Crippen molar-refractivity contribution in [3.63, 3.8) is 0 Å². The Morgan fingerprint density at radius 3 is 2.50 bits per heavy atom. The van der Waals surface area contributed by atoms with Crippen LogP contribution in [0.15, 0.2) is 0 Å². The largest absolute Gasteiger partial charge is 0.481 e. The first-order valence-electron chi connectivity index (χ1n) is 7.54. The molecule has 0 saturated carbocycles. The fourth-order valence-corrected chi connectivity index (χ4v) is 3.27. The molecular formula is C15H25NO4. The molecule has 0 aromatic rings. The molecule has 0 aromatic heterocycles. The Balaban J connectivity index is 1.94. The van der Waals surface area contributed by atoms with Gasteiger partial charge in [0, 0.05) is 32.7 Å². The van der Waals surface area contributed by atoms with Crippen LogP contribution in [-0.2, 0) is 14.3 Å². The number of hydrogen-bond donors (Lipinski definition) is 1. The number of carbonyl (C=O) groups excluding carboxylic acids is 1. The number of likely N-dealkylation sites (tertiary alicyclic amines) is 1. The lowest BCUT2D eigenvalue weighted by atomic mass is 9.76. The Labute approximate surface area is 120 Å². The van der Waals surface area contributed by atoms with E-state index in [-0.39, 0.29) is 11.8 Å². The van der Waals surface area contributed by atoms with Crippen molar-refractivity contribution < 1.29 is 19.4 Å². The summed E-state index contributed by atoms with van der Waals surface area (Å²) < 4.78 is 5.30. The third-order valence-corrected chi connectivity index (χ3v) is 4.99. The van der Waals surface area contributed by atoms with Crippen molar-refractivity contribution in [3.8, 4) is 0 Å². The summed E-state index contributed by atoms with van der Waals surface area (Å²) in [6.45, 7) is 6.28. The minimum absolute atomic E-state index is 0.0425. The standard InChI is InChI=1S/C15H25NO4/c1-11(2)15(14(18)19)5-6-16(10-15)13(17)9-12-3-7-20-8-4-12/h11-12H,3-10H2,1-2H3,(H,18,19). The Bertz CT molecular complexity index is 376. The van der Waals surface area contributed by atoms with Gasteiger partial charge in [0.15, 0.2) is 0 Å². The summed E-state index contributed by atoms with van der Waals surface area (Å²) in [5, 5.41) is 9.50. The van der Waals surface area contributed by atoms with Crippen LogP contribution in [0.25, 0.3) is 0 Å². The normalized spacial score (nSPS) is 28.1. The van der Waals surface area contributed by atoms with Crippen LogP contribution in [-0.4, -0.2) is 48.2 Å². The van der Waals surface area contributed by atoms with Gasteiger partial charge >= 0.3 is 5.97 Å². The van der Waals surface area contributed by atoms with Crippen molar-refractivity contribution in [2.45, 2.75) is 39.5 Å². The number of amides is 1. The van der Waals surface area contributed by atoms with Crippen LogP contribution in [0.3, 0.4) is 0 Å². The minimum Gasteiger partial charge on any atom is -0.481 e. The quantitative estimate of drug-likeness (QED) is 0.853. The zero-order valence-electron chi connectivity index (χ0n) is 12.4. The maximum absolute atomic E-state index is 12.3. The number of rotatable bonds is 4. The molecule has 0 radical (unpaired) electrons. The summed E-state index contributed by atoms with van der Waals surface area (Å²) in [6, 6.07) is 0. The summed E-state index contributed by atoms with van der Waals surface area (Å²) in [6.07, 6.45) is 2.98. The molecule has 1 amide bonds. The molecule has 5 heteroatoms. The Kier molecular flexibility index (Phi) is 4.68. The molecule has 2 saturated heterocycles. The van der Waals surface area contributed by atoms with Crippen LogP contribution in [0.4, 0.5) is 0 Å². The van der Waals surface area contributed by atoms with E-state index in [0.717, 1.165) is 26.1 Å². The van der Waals surface area contributed by atoms with Crippen molar-refractivity contribution in [1.29, 1.82) is 0 Å². The highest BCUT2D eigenvalue weighted by Crippen LogP contribution is 2.38. The molecule has 0 spiro atoms. The SMILES string of the molecule is CC(C)C1(C(=O)O)CCN(C(=O)CC2CCOCC2)C1. The molecular weight excluding hydrogens is 258 g/mol. The summed E-state index contributed by atoms with van der Waals surface area (Å²) >= 11 is 0. The van der Waals surface area contributed by atoms with E-state index < -0.39 is 11.4 Å². The van der Waals surface area contributed by atoms with Gasteiger partial charge in [0.05, 0.1) is 5.41 Å². The predicted molar refractivity (Wildman–Crippen MR) is 74.3 cm³/mol. The van der Waals surface area contributed by atoms with Crippen molar-refractivity contribution in [2.24, 2.45) is 17.3 Å². The molecule has 114 valence electrons. The summed E-state index contributed by atoms with van der Waals surface area (Å²) in [5.41, 5.74) is -0.759. The second kappa shape index (κ2) is 6.12. The lowest BCUT2D eigenvalue weighted by molar-refractivity contribution is -0.151. The van der Waals surface area contributed by atoms with E-state index in [4.69, 9.17) is 4.74 Å². The minimum atomic E-state index is -0.770. The van der Waals surface area contributed by atoms with Gasteiger partial charge in [-0.25, -0.2) is 0 Å². The third-order valence-electron chi connectivity index (χ3n) is 4.99. The van der Waals surface area contributed by atoms with Gasteiger partial charge in [-0.15, -0.1) is 0 Å². The molecule has 2 aliphatic heterocycles. The van der Waals surface area contributed by atoms with Gasteiger partial charge < -0.3 is 14.7 Å². The van der Waals surface area contributed by atoms with E-state index in [9.17, 15) is 14.7 Å². The monoisotopic (exact) mass is 283 g/mol. The Hall–Kier alpha value is -1.10. The van der Waals surface area contributed by atoms with E-state index >= 15 is 0 Å². The van der Waals surface area contributed by atoms with Crippen molar-refractivity contribution in [2.75, 3.05) is 26.3 Å². The van der Waals surface area contributed by atoms with Gasteiger partial charge in [-0.3, -0.25) is 9.59 Å². The number of carboxylic acids is 1. The number of carbonyl (C=O) groups is 2. The average Bonchev–Trinajstić information content (AvgIpc) is 2.86. The van der Waals surface area contributed by atoms with Crippen LogP contribution < -0.4 is 0 Å². The molecule has 0 aromatic carbocycles. The van der Waals surface area contributed by atoms with Gasteiger partial charge in [-0.05, 0) is 31.1 Å². The van der Waals surface area contributed by atoms with Crippen LogP contribution in [0.1, 0.15) is 39.5 Å². The van der Waals surface area contributed by atoms with Crippen molar-refractivity contribution in [1.82, 2.24) is 4.90 Å². The number of nitrogens with zero attached hydrogens (tertiary/aromatic N) is 1. The highest BCUT2D eigenvalue weighted by molar-refractivity contribution is 5.81. The van der Waals surface area contributed by atoms with Gasteiger partial charge in [-0.1, -0.05) is 13.8 Å². The molecule has 2 heterocycles. The van der Waals surface area contributed by atoms with Crippen LogP contribution in [0.2, 0.25) is 0 Å². The second-order valence-corrected chi connectivity index (χ2v) is 6.44. The van der Waals surface area contributed by atoms with E-state index in [1.165, 1.54) is 0 Å². The van der Waals surface area contributed by atoms with Gasteiger partial charge in [0.25, 0.3) is 0 Å². The maximum atomic E-state index is 12.3. The molecule has 20 heavy (non-hydrogen) atoms. The zero-order valence-corrected chi connectivity index (χ0v) is 12.4. The molecule has 0 aliphatic carbocycles. The molecule has 1 N–H and O–H groups in total. The number of aliphatic carboxylic acids is 1. The molecule has 5 nitrogen and oxygen atoms in total. The van der Waals surface area contributed by atoms with Gasteiger partial charge in [0.2, 0.25) is 5.91 Å². The predicted octanol–water partition coefficient (Wildman–Crippen LogP) is 1.76. The summed E-state index contributed by atoms with van der Waals surface area (Å²) in [5.74, 6) is -0.217. The maximum Gasteiger partial charge on any atom is 0.311 e. The average molecular weight is 283 g/mol. The molecule has 0 bridgehead atoms. The lowest BCUT2D eigenvalue weighted by Gasteiger charge is -2.29. The van der Waals surface area contributed by atoms with E-state index in [0.29, 0.717) is 31.8 Å². The van der Waals surface area contributed by atoms with Crippen LogP contribution in [0.5, 0.6) is 0 Å². The van der Waals surface area contributed by atoms with E-state index in [1.54, 1.807) is 4.90 Å². The number of carboxylic acid groups (broad SMARTS) is 1. The smallest absolute Gasteiger partial charge is 0.311 e. The first-order valence-corrected chi connectivity index (χ1v) is 7.54. The summed E-state index contributed by atoms with van der Waals surface area (Å²) in [4.78, 5) is 25.7. The number of hydrogen-bond acceptors (Lipinski definition) is 3. The molecule has 1 unspecified atom stereocenters. The molecule has 1 atom stereocenters. The first-order chi connectivity index (χ1) is 9.45. The fourth-order valence-electron chi connectivity index (χ4n) is 3.27. The van der Waals surface area contributed by atoms with E-state index in [2.05, 4.69) is 0 Å². The second-order valence-electron chi connectivity index (χ2n) is 6.44. The van der Waals surface area contributed by atoms with Gasteiger partial charge in [-0.2, -0.15) is 0 Å². The van der Waals surface area contributed by atoms with E-state index in [1.807, 2.05) is 13.8 Å². The van der Waals surface area contributed by atoms with Crippen LogP contribution in [0, 0.1) is 17.3 Å². The van der Waals surface area contributed by atoms with Gasteiger partial charge in [0.1, 0.15) is 0 Å². The van der Waals surface area contributed by atoms with Crippen molar-refractivity contribution in [3.05, 3.63) is 0 Å². The van der Waals surface area contributed by atoms with Crippen molar-refractivity contribution >= 4 is 11.9 Å². The summed E-state index contributed by atoms with van der Waals surface area (Å²) in [7, 11) is 0. The fraction of sp³-hybridized carbons (Fsp3) is 0.867. The zero-order chi connectivity index (χ0) is 14.8.